The van der Waals surface area contributed by atoms with Crippen molar-refractivity contribution < 1.29 is 9.90 Å². The van der Waals surface area contributed by atoms with Crippen molar-refractivity contribution in [3.05, 3.63) is 71.8 Å². The van der Waals surface area contributed by atoms with Crippen molar-refractivity contribution in [1.29, 1.82) is 0 Å². The first kappa shape index (κ1) is 16.8. The topological polar surface area (TPSA) is 40.5 Å². The molecule has 1 saturated heterocycles. The summed E-state index contributed by atoms with van der Waals surface area (Å²) in [4.78, 5) is 15.5. The summed E-state index contributed by atoms with van der Waals surface area (Å²) in [5, 5.41) is 10.5. The highest BCUT2D eigenvalue weighted by Gasteiger charge is 2.42. The first-order chi connectivity index (χ1) is 11.6. The maximum atomic E-state index is 13.2. The summed E-state index contributed by atoms with van der Waals surface area (Å²) in [5.74, 6) is -0.503. The van der Waals surface area contributed by atoms with Gasteiger partial charge in [0, 0.05) is 24.4 Å². The number of likely N-dealkylation sites (tertiary alicyclic amines) is 1. The Morgan fingerprint density at radius 1 is 1.12 bits per heavy atom. The van der Waals surface area contributed by atoms with Gasteiger partial charge in [0.05, 0.1) is 10.9 Å². The second-order valence-corrected chi connectivity index (χ2v) is 6.48. The molecule has 0 spiro atoms. The van der Waals surface area contributed by atoms with Gasteiger partial charge in [0.1, 0.15) is 6.23 Å². The molecule has 0 radical (unpaired) electrons. The third kappa shape index (κ3) is 3.12. The van der Waals surface area contributed by atoms with Crippen LogP contribution >= 0.6 is 12.2 Å². The van der Waals surface area contributed by atoms with Gasteiger partial charge in [0.2, 0.25) is 0 Å². The van der Waals surface area contributed by atoms with E-state index in [0.29, 0.717) is 23.5 Å². The third-order valence-corrected chi connectivity index (χ3v) is 5.17. The van der Waals surface area contributed by atoms with E-state index in [9.17, 15) is 9.90 Å². The maximum Gasteiger partial charge on any atom is 0.173 e. The molecule has 0 bridgehead atoms. The van der Waals surface area contributed by atoms with Gasteiger partial charge in [0.25, 0.3) is 0 Å². The quantitative estimate of drug-likeness (QED) is 0.682. The standard InChI is InChI=1S/C20H21NO2S/c1-2-21-17(22)13-16(14-9-5-3-6-10-14)18(20(21)24)19(23)15-11-7-4-8-12-15/h3-12,16-18,22H,2,13H2,1H3/t16-,17+,18+/m1/s1. The number of benzene rings is 2. The molecule has 0 unspecified atom stereocenters. The summed E-state index contributed by atoms with van der Waals surface area (Å²) >= 11 is 5.62. The van der Waals surface area contributed by atoms with Gasteiger partial charge in [-0.05, 0) is 12.5 Å². The lowest BCUT2D eigenvalue weighted by Crippen LogP contribution is -2.52. The highest BCUT2D eigenvalue weighted by atomic mass is 32.1. The molecule has 1 aliphatic heterocycles. The number of aliphatic hydroxyl groups excluding tert-OH is 1. The van der Waals surface area contributed by atoms with E-state index in [1.54, 1.807) is 4.90 Å². The molecule has 0 aliphatic carbocycles. The van der Waals surface area contributed by atoms with Crippen LogP contribution in [0.15, 0.2) is 60.7 Å². The van der Waals surface area contributed by atoms with Crippen molar-refractivity contribution in [3.63, 3.8) is 0 Å². The van der Waals surface area contributed by atoms with E-state index in [2.05, 4.69) is 0 Å². The molecule has 2 aromatic rings. The molecule has 124 valence electrons. The number of piperidine rings is 1. The van der Waals surface area contributed by atoms with Gasteiger partial charge in [-0.3, -0.25) is 4.79 Å². The van der Waals surface area contributed by atoms with Crippen molar-refractivity contribution >= 4 is 23.0 Å². The Kier molecular flexibility index (Phi) is 5.07. The summed E-state index contributed by atoms with van der Waals surface area (Å²) in [7, 11) is 0. The van der Waals surface area contributed by atoms with Gasteiger partial charge in [-0.25, -0.2) is 0 Å². The fourth-order valence-corrected chi connectivity index (χ4v) is 3.98. The van der Waals surface area contributed by atoms with Crippen molar-refractivity contribution in [3.8, 4) is 0 Å². The monoisotopic (exact) mass is 339 g/mol. The summed E-state index contributed by atoms with van der Waals surface area (Å²) in [6.45, 7) is 2.54. The average molecular weight is 339 g/mol. The van der Waals surface area contributed by atoms with E-state index in [1.165, 1.54) is 0 Å². The molecule has 2 aromatic carbocycles. The number of carbonyl (C=O) groups is 1. The van der Waals surface area contributed by atoms with Crippen LogP contribution in [0.1, 0.15) is 35.2 Å². The van der Waals surface area contributed by atoms with Crippen LogP contribution in [0.3, 0.4) is 0 Å². The number of hydrogen-bond acceptors (Lipinski definition) is 3. The van der Waals surface area contributed by atoms with E-state index in [4.69, 9.17) is 12.2 Å². The summed E-state index contributed by atoms with van der Waals surface area (Å²) in [6.07, 6.45) is -0.145. The van der Waals surface area contributed by atoms with Crippen LogP contribution in [0.2, 0.25) is 0 Å². The Morgan fingerprint density at radius 2 is 1.71 bits per heavy atom. The zero-order valence-corrected chi connectivity index (χ0v) is 14.4. The van der Waals surface area contributed by atoms with E-state index in [-0.39, 0.29) is 11.7 Å². The normalized spacial score (nSPS) is 24.0. The van der Waals surface area contributed by atoms with E-state index in [0.717, 1.165) is 5.56 Å². The van der Waals surface area contributed by atoms with Gasteiger partial charge < -0.3 is 10.0 Å². The molecule has 3 nitrogen and oxygen atoms in total. The van der Waals surface area contributed by atoms with Gasteiger partial charge in [-0.15, -0.1) is 0 Å². The average Bonchev–Trinajstić information content (AvgIpc) is 2.62. The van der Waals surface area contributed by atoms with Gasteiger partial charge >= 0.3 is 0 Å². The lowest BCUT2D eigenvalue weighted by molar-refractivity contribution is 0.0219. The smallest absolute Gasteiger partial charge is 0.173 e. The fourth-order valence-electron chi connectivity index (χ4n) is 3.46. The van der Waals surface area contributed by atoms with Crippen LogP contribution in [-0.4, -0.2) is 33.6 Å². The van der Waals surface area contributed by atoms with Crippen LogP contribution in [0.25, 0.3) is 0 Å². The lowest BCUT2D eigenvalue weighted by Gasteiger charge is -2.42. The zero-order valence-electron chi connectivity index (χ0n) is 13.6. The Morgan fingerprint density at radius 3 is 2.29 bits per heavy atom. The van der Waals surface area contributed by atoms with Crippen molar-refractivity contribution in [2.75, 3.05) is 6.54 Å². The Hall–Kier alpha value is -2.04. The van der Waals surface area contributed by atoms with Crippen molar-refractivity contribution in [2.45, 2.75) is 25.5 Å². The fraction of sp³-hybridized carbons (Fsp3) is 0.300. The molecule has 3 rings (SSSR count). The minimum atomic E-state index is -0.646. The molecule has 0 saturated carbocycles. The molecule has 3 atom stereocenters. The number of thiocarbonyl (C=S) groups is 1. The lowest BCUT2D eigenvalue weighted by atomic mass is 9.76. The van der Waals surface area contributed by atoms with E-state index < -0.39 is 12.1 Å². The summed E-state index contributed by atoms with van der Waals surface area (Å²) in [6, 6.07) is 19.2. The molecule has 1 fully saturated rings. The number of ketones is 1. The molecule has 0 aromatic heterocycles. The molecule has 1 heterocycles. The highest BCUT2D eigenvalue weighted by molar-refractivity contribution is 7.80. The number of aliphatic hydroxyl groups is 1. The number of Topliss-reactive ketones (excluding diaryl/α,β-unsaturated/α-hetero) is 1. The molecule has 24 heavy (non-hydrogen) atoms. The Bertz CT molecular complexity index is 717. The van der Waals surface area contributed by atoms with E-state index >= 15 is 0 Å². The minimum Gasteiger partial charge on any atom is -0.374 e. The zero-order chi connectivity index (χ0) is 17.1. The number of carbonyl (C=O) groups excluding carboxylic acids is 1. The van der Waals surface area contributed by atoms with Crippen LogP contribution < -0.4 is 0 Å². The van der Waals surface area contributed by atoms with Crippen LogP contribution in [-0.2, 0) is 0 Å². The number of nitrogens with zero attached hydrogens (tertiary/aromatic N) is 1. The predicted molar refractivity (Wildman–Crippen MR) is 99.0 cm³/mol. The van der Waals surface area contributed by atoms with Crippen molar-refractivity contribution in [1.82, 2.24) is 4.90 Å². The van der Waals surface area contributed by atoms with Gasteiger partial charge in [-0.1, -0.05) is 72.9 Å². The predicted octanol–water partition coefficient (Wildman–Crippen LogP) is 3.64. The minimum absolute atomic E-state index is 0.0276. The Balaban J connectivity index is 2.02. The molecule has 1 aliphatic rings. The maximum absolute atomic E-state index is 13.2. The molecule has 0 amide bonds. The molecular weight excluding hydrogens is 318 g/mol. The SMILES string of the molecule is CCN1C(=S)[C@H](C(=O)c2ccccc2)[C@@H](c2ccccc2)C[C@@H]1O. The second-order valence-electron chi connectivity index (χ2n) is 6.07. The van der Waals surface area contributed by atoms with E-state index in [1.807, 2.05) is 67.6 Å². The Labute approximate surface area is 147 Å². The first-order valence-corrected chi connectivity index (χ1v) is 8.67. The molecular formula is C20H21NO2S. The first-order valence-electron chi connectivity index (χ1n) is 8.26. The number of hydrogen-bond donors (Lipinski definition) is 1. The molecule has 4 heteroatoms. The third-order valence-electron chi connectivity index (χ3n) is 4.69. The van der Waals surface area contributed by atoms with Crippen LogP contribution in [0.5, 0.6) is 0 Å². The van der Waals surface area contributed by atoms with Crippen LogP contribution in [0.4, 0.5) is 0 Å². The summed E-state index contributed by atoms with van der Waals surface area (Å²) in [5.41, 5.74) is 1.71. The highest BCUT2D eigenvalue weighted by Crippen LogP contribution is 2.38. The largest absolute Gasteiger partial charge is 0.374 e. The van der Waals surface area contributed by atoms with Crippen LogP contribution in [0, 0.1) is 5.92 Å². The second kappa shape index (κ2) is 7.24. The summed E-state index contributed by atoms with van der Waals surface area (Å²) < 4.78 is 0. The van der Waals surface area contributed by atoms with Crippen molar-refractivity contribution in [2.24, 2.45) is 5.92 Å². The molecule has 1 N–H and O–H groups in total. The van der Waals surface area contributed by atoms with Gasteiger partial charge in [-0.2, -0.15) is 0 Å². The number of rotatable bonds is 4. The van der Waals surface area contributed by atoms with Gasteiger partial charge in [0.15, 0.2) is 5.78 Å².